The Labute approximate surface area is 148 Å². The third-order valence-corrected chi connectivity index (χ3v) is 5.93. The van der Waals surface area contributed by atoms with E-state index in [0.717, 1.165) is 11.1 Å². The number of rotatable bonds is 4. The summed E-state index contributed by atoms with van der Waals surface area (Å²) in [6.07, 6.45) is 3.41. The quantitative estimate of drug-likeness (QED) is 0.169. The van der Waals surface area contributed by atoms with Crippen LogP contribution in [-0.4, -0.2) is 46.6 Å². The molecule has 0 unspecified atom stereocenters. The minimum absolute atomic E-state index is 0.0202. The molecule has 3 aromatic rings. The van der Waals surface area contributed by atoms with Crippen LogP contribution in [0.15, 0.2) is 59.1 Å². The van der Waals surface area contributed by atoms with Gasteiger partial charge in [-0.3, -0.25) is 0 Å². The summed E-state index contributed by atoms with van der Waals surface area (Å²) in [6, 6.07) is 11.3. The molecule has 126 valence electrons. The summed E-state index contributed by atoms with van der Waals surface area (Å²) in [6.45, 7) is 0. The molecule has 0 atom stereocenters. The van der Waals surface area contributed by atoms with Gasteiger partial charge >= 0.3 is 149 Å². The Morgan fingerprint density at radius 1 is 0.760 bits per heavy atom. The van der Waals surface area contributed by atoms with E-state index in [2.05, 4.69) is 20.3 Å². The third-order valence-electron chi connectivity index (χ3n) is 3.44. The second-order valence-electron chi connectivity index (χ2n) is 5.00. The summed E-state index contributed by atoms with van der Waals surface area (Å²) < 4.78 is 2.34. The van der Waals surface area contributed by atoms with Gasteiger partial charge < -0.3 is 0 Å². The maximum atomic E-state index is 8.67. The zero-order chi connectivity index (χ0) is 17.8. The molecule has 0 spiro atoms. The SMILES string of the molecule is NC(=NO)c1ccc(-c2ccc(-c3ccc(/C(N)=N\O)nc3)[se]2)cn1. The van der Waals surface area contributed by atoms with E-state index in [1.165, 1.54) is 8.87 Å². The van der Waals surface area contributed by atoms with E-state index in [1.807, 2.05) is 24.3 Å². The molecule has 9 heteroatoms. The fraction of sp³-hybridized carbons (Fsp3) is 0. The molecule has 6 N–H and O–H groups in total. The number of nitrogens with zero attached hydrogens (tertiary/aromatic N) is 4. The molecular weight excluding hydrogens is 387 g/mol. The van der Waals surface area contributed by atoms with Crippen molar-refractivity contribution in [3.8, 4) is 20.0 Å². The molecule has 0 aliphatic rings. The van der Waals surface area contributed by atoms with Gasteiger partial charge in [0.15, 0.2) is 0 Å². The van der Waals surface area contributed by atoms with E-state index >= 15 is 0 Å². The Morgan fingerprint density at radius 2 is 1.20 bits per heavy atom. The molecular formula is C16H14N6O2Se. The molecule has 0 radical (unpaired) electrons. The summed E-state index contributed by atoms with van der Waals surface area (Å²) in [4.78, 5) is 8.40. The molecule has 0 saturated heterocycles. The molecule has 0 saturated carbocycles. The topological polar surface area (TPSA) is 143 Å². The van der Waals surface area contributed by atoms with Gasteiger partial charge in [-0.05, 0) is 0 Å². The number of amidine groups is 2. The van der Waals surface area contributed by atoms with Gasteiger partial charge in [0, 0.05) is 0 Å². The van der Waals surface area contributed by atoms with Crippen LogP contribution in [0.3, 0.4) is 0 Å². The molecule has 0 aliphatic heterocycles. The Morgan fingerprint density at radius 3 is 1.52 bits per heavy atom. The van der Waals surface area contributed by atoms with Crippen molar-refractivity contribution in [2.75, 3.05) is 0 Å². The van der Waals surface area contributed by atoms with Crippen LogP contribution in [0.1, 0.15) is 11.4 Å². The molecule has 0 bridgehead atoms. The molecule has 0 aliphatic carbocycles. The molecule has 8 nitrogen and oxygen atoms in total. The average molecular weight is 401 g/mol. The van der Waals surface area contributed by atoms with E-state index in [1.54, 1.807) is 24.5 Å². The van der Waals surface area contributed by atoms with Crippen LogP contribution in [0.2, 0.25) is 0 Å². The number of hydrogen-bond donors (Lipinski definition) is 4. The van der Waals surface area contributed by atoms with Gasteiger partial charge in [-0.1, -0.05) is 0 Å². The first-order valence-corrected chi connectivity index (χ1v) is 8.82. The summed E-state index contributed by atoms with van der Waals surface area (Å²) in [5.41, 5.74) is 13.9. The number of hydrogen-bond acceptors (Lipinski definition) is 6. The van der Waals surface area contributed by atoms with Crippen LogP contribution in [0.25, 0.3) is 20.0 Å². The van der Waals surface area contributed by atoms with Gasteiger partial charge in [0.05, 0.1) is 0 Å². The maximum absolute atomic E-state index is 8.67. The zero-order valence-electron chi connectivity index (χ0n) is 12.9. The van der Waals surface area contributed by atoms with E-state index in [-0.39, 0.29) is 26.2 Å². The van der Waals surface area contributed by atoms with Crippen LogP contribution in [0.4, 0.5) is 0 Å². The van der Waals surface area contributed by atoms with Crippen molar-refractivity contribution in [3.63, 3.8) is 0 Å². The molecule has 0 fully saturated rings. The van der Waals surface area contributed by atoms with Crippen LogP contribution in [-0.2, 0) is 0 Å². The summed E-state index contributed by atoms with van der Waals surface area (Å²) in [7, 11) is 0. The van der Waals surface area contributed by atoms with E-state index < -0.39 is 0 Å². The van der Waals surface area contributed by atoms with E-state index in [4.69, 9.17) is 21.9 Å². The summed E-state index contributed by atoms with van der Waals surface area (Å²) in [5.74, 6) is -0.0405. The Balaban J connectivity index is 1.85. The second kappa shape index (κ2) is 7.16. The first-order valence-electron chi connectivity index (χ1n) is 7.11. The van der Waals surface area contributed by atoms with Crippen molar-refractivity contribution in [3.05, 3.63) is 60.2 Å². The predicted octanol–water partition coefficient (Wildman–Crippen LogP) is 1.06. The van der Waals surface area contributed by atoms with Crippen molar-refractivity contribution in [1.29, 1.82) is 0 Å². The second-order valence-corrected chi connectivity index (χ2v) is 7.27. The van der Waals surface area contributed by atoms with Gasteiger partial charge in [0.25, 0.3) is 0 Å². The number of nitrogens with two attached hydrogens (primary N) is 2. The van der Waals surface area contributed by atoms with Crippen LogP contribution in [0, 0.1) is 0 Å². The summed E-state index contributed by atoms with van der Waals surface area (Å²) >= 11 is 0.0968. The third kappa shape index (κ3) is 3.52. The minimum atomic E-state index is -0.0202. The molecule has 0 amide bonds. The van der Waals surface area contributed by atoms with Gasteiger partial charge in [0.2, 0.25) is 0 Å². The monoisotopic (exact) mass is 402 g/mol. The Hall–Kier alpha value is -3.16. The van der Waals surface area contributed by atoms with Crippen molar-refractivity contribution in [1.82, 2.24) is 9.97 Å². The van der Waals surface area contributed by atoms with Crippen molar-refractivity contribution in [2.24, 2.45) is 21.8 Å². The van der Waals surface area contributed by atoms with Crippen LogP contribution < -0.4 is 11.5 Å². The van der Waals surface area contributed by atoms with Crippen molar-refractivity contribution in [2.45, 2.75) is 0 Å². The van der Waals surface area contributed by atoms with E-state index in [0.29, 0.717) is 11.4 Å². The Kier molecular flexibility index (Phi) is 4.78. The zero-order valence-corrected chi connectivity index (χ0v) is 14.6. The van der Waals surface area contributed by atoms with Crippen LogP contribution in [0.5, 0.6) is 0 Å². The van der Waals surface area contributed by atoms with Crippen molar-refractivity contribution < 1.29 is 10.4 Å². The molecule has 3 rings (SSSR count). The molecule has 0 aromatic carbocycles. The first-order chi connectivity index (χ1) is 12.1. The first kappa shape index (κ1) is 16.7. The fourth-order valence-corrected chi connectivity index (χ4v) is 4.20. The standard InChI is InChI=1S/C16H14N6O2Se/c17-15(21-23)11-3-1-9(7-19-11)13-5-6-14(25-13)10-2-4-12(20-8-10)16(18)22-24/h1-8,23-24H,(H2,17,21)(H2,18,22). The number of oxime groups is 2. The molecule has 25 heavy (non-hydrogen) atoms. The van der Waals surface area contributed by atoms with Gasteiger partial charge in [-0.15, -0.1) is 0 Å². The molecule has 3 heterocycles. The number of aromatic nitrogens is 2. The Bertz CT molecular complexity index is 856. The number of pyridine rings is 2. The predicted molar refractivity (Wildman–Crippen MR) is 94.9 cm³/mol. The van der Waals surface area contributed by atoms with Gasteiger partial charge in [-0.2, -0.15) is 0 Å². The average Bonchev–Trinajstić information content (AvgIpc) is 3.17. The summed E-state index contributed by atoms with van der Waals surface area (Å²) in [5, 5.41) is 23.2. The fourth-order valence-electron chi connectivity index (χ4n) is 2.13. The normalized spacial score (nSPS) is 12.3. The van der Waals surface area contributed by atoms with Crippen LogP contribution >= 0.6 is 0 Å². The van der Waals surface area contributed by atoms with Gasteiger partial charge in [0.1, 0.15) is 0 Å². The van der Waals surface area contributed by atoms with Crippen molar-refractivity contribution >= 4 is 26.2 Å². The molecule has 3 aromatic heterocycles. The van der Waals surface area contributed by atoms with Gasteiger partial charge in [-0.25, -0.2) is 0 Å². The van der Waals surface area contributed by atoms with E-state index in [9.17, 15) is 0 Å².